The minimum Gasteiger partial charge on any atom is -0.482 e. The Hall–Kier alpha value is -2.24. The lowest BCUT2D eigenvalue weighted by Gasteiger charge is -2.28. The molecule has 2 aromatic carbocycles. The number of alkyl halides is 3. The summed E-state index contributed by atoms with van der Waals surface area (Å²) in [7, 11) is 0. The standard InChI is InChI=1S/C15H11F4NO/c16-11-4-5-13-12(7-11)20-8-14(21-13)9-2-1-3-10(6-9)15(17,18)19/h1-7,14,20H,8H2. The van der Waals surface area contributed by atoms with Crippen LogP contribution in [0.3, 0.4) is 0 Å². The Balaban J connectivity index is 1.88. The van der Waals surface area contributed by atoms with E-state index < -0.39 is 23.7 Å². The molecule has 0 aliphatic carbocycles. The van der Waals surface area contributed by atoms with Crippen molar-refractivity contribution in [1.29, 1.82) is 0 Å². The number of halogens is 4. The summed E-state index contributed by atoms with van der Waals surface area (Å²) in [6.07, 6.45) is -4.94. The highest BCUT2D eigenvalue weighted by atomic mass is 19.4. The van der Waals surface area contributed by atoms with Crippen molar-refractivity contribution in [1.82, 2.24) is 0 Å². The van der Waals surface area contributed by atoms with Crippen molar-refractivity contribution in [3.05, 3.63) is 59.4 Å². The van der Waals surface area contributed by atoms with Gasteiger partial charge in [-0.2, -0.15) is 13.2 Å². The molecule has 0 radical (unpaired) electrons. The molecule has 0 saturated heterocycles. The molecule has 2 nitrogen and oxygen atoms in total. The van der Waals surface area contributed by atoms with E-state index in [4.69, 9.17) is 4.74 Å². The molecule has 1 N–H and O–H groups in total. The third-order valence-corrected chi connectivity index (χ3v) is 3.27. The molecule has 1 atom stereocenters. The van der Waals surface area contributed by atoms with Gasteiger partial charge in [-0.25, -0.2) is 4.39 Å². The average Bonchev–Trinajstić information content (AvgIpc) is 2.46. The van der Waals surface area contributed by atoms with Crippen molar-refractivity contribution < 1.29 is 22.3 Å². The van der Waals surface area contributed by atoms with Gasteiger partial charge in [0, 0.05) is 6.07 Å². The van der Waals surface area contributed by atoms with Crippen LogP contribution in [0.25, 0.3) is 0 Å². The molecular formula is C15H11F4NO. The lowest BCUT2D eigenvalue weighted by atomic mass is 10.0. The van der Waals surface area contributed by atoms with E-state index in [2.05, 4.69) is 5.32 Å². The van der Waals surface area contributed by atoms with Gasteiger partial charge in [-0.05, 0) is 29.8 Å². The van der Waals surface area contributed by atoms with Gasteiger partial charge in [0.15, 0.2) is 0 Å². The fourth-order valence-corrected chi connectivity index (χ4v) is 2.24. The Morgan fingerprint density at radius 3 is 2.67 bits per heavy atom. The van der Waals surface area contributed by atoms with E-state index in [0.29, 0.717) is 17.0 Å². The van der Waals surface area contributed by atoms with Crippen LogP contribution in [0.15, 0.2) is 42.5 Å². The third kappa shape index (κ3) is 2.79. The maximum absolute atomic E-state index is 13.1. The van der Waals surface area contributed by atoms with Crippen molar-refractivity contribution in [2.45, 2.75) is 12.3 Å². The summed E-state index contributed by atoms with van der Waals surface area (Å²) in [5.41, 5.74) is 0.207. The van der Waals surface area contributed by atoms with Crippen molar-refractivity contribution >= 4 is 5.69 Å². The summed E-state index contributed by atoms with van der Waals surface area (Å²) < 4.78 is 56.9. The van der Waals surface area contributed by atoms with E-state index >= 15 is 0 Å². The molecule has 0 saturated carbocycles. The van der Waals surface area contributed by atoms with Crippen LogP contribution < -0.4 is 10.1 Å². The smallest absolute Gasteiger partial charge is 0.416 e. The molecule has 0 fully saturated rings. The van der Waals surface area contributed by atoms with E-state index in [0.717, 1.165) is 12.1 Å². The highest BCUT2D eigenvalue weighted by molar-refractivity contribution is 5.58. The molecule has 0 bridgehead atoms. The second-order valence-electron chi connectivity index (χ2n) is 4.75. The van der Waals surface area contributed by atoms with Gasteiger partial charge in [-0.3, -0.25) is 0 Å². The second-order valence-corrected chi connectivity index (χ2v) is 4.75. The third-order valence-electron chi connectivity index (χ3n) is 3.27. The number of nitrogens with one attached hydrogen (secondary N) is 1. The van der Waals surface area contributed by atoms with Gasteiger partial charge >= 0.3 is 6.18 Å². The van der Waals surface area contributed by atoms with Gasteiger partial charge in [0.2, 0.25) is 0 Å². The molecule has 21 heavy (non-hydrogen) atoms. The van der Waals surface area contributed by atoms with E-state index in [1.165, 1.54) is 24.3 Å². The Kier molecular flexibility index (Phi) is 3.23. The molecule has 0 amide bonds. The zero-order valence-corrected chi connectivity index (χ0v) is 10.7. The number of hydrogen-bond donors (Lipinski definition) is 1. The van der Waals surface area contributed by atoms with Gasteiger partial charge < -0.3 is 10.1 Å². The predicted molar refractivity (Wildman–Crippen MR) is 69.7 cm³/mol. The van der Waals surface area contributed by atoms with Crippen LogP contribution >= 0.6 is 0 Å². The van der Waals surface area contributed by atoms with Crippen LogP contribution in [0.5, 0.6) is 5.75 Å². The van der Waals surface area contributed by atoms with Crippen molar-refractivity contribution in [2.75, 3.05) is 11.9 Å². The molecule has 0 aromatic heterocycles. The van der Waals surface area contributed by atoms with Crippen molar-refractivity contribution in [3.63, 3.8) is 0 Å². The molecule has 0 spiro atoms. The van der Waals surface area contributed by atoms with Crippen LogP contribution in [0.1, 0.15) is 17.2 Å². The number of fused-ring (bicyclic) bond motifs is 1. The first-order chi connectivity index (χ1) is 9.93. The summed E-state index contributed by atoms with van der Waals surface area (Å²) in [4.78, 5) is 0. The minimum atomic E-state index is -4.39. The fourth-order valence-electron chi connectivity index (χ4n) is 2.24. The largest absolute Gasteiger partial charge is 0.482 e. The average molecular weight is 297 g/mol. The number of benzene rings is 2. The van der Waals surface area contributed by atoms with Crippen molar-refractivity contribution in [3.8, 4) is 5.75 Å². The summed E-state index contributed by atoms with van der Waals surface area (Å²) in [6, 6.07) is 9.01. The molecule has 3 rings (SSSR count). The summed E-state index contributed by atoms with van der Waals surface area (Å²) in [5, 5.41) is 2.96. The van der Waals surface area contributed by atoms with Crippen LogP contribution in [-0.4, -0.2) is 6.54 Å². The van der Waals surface area contributed by atoms with Gasteiger partial charge in [-0.15, -0.1) is 0 Å². The first-order valence-corrected chi connectivity index (χ1v) is 6.31. The topological polar surface area (TPSA) is 21.3 Å². The van der Waals surface area contributed by atoms with Gasteiger partial charge in [-0.1, -0.05) is 12.1 Å². The van der Waals surface area contributed by atoms with E-state index in [-0.39, 0.29) is 6.54 Å². The first-order valence-electron chi connectivity index (χ1n) is 6.31. The number of ether oxygens (including phenoxy) is 1. The lowest BCUT2D eigenvalue weighted by Crippen LogP contribution is -2.24. The minimum absolute atomic E-state index is 0.276. The number of anilines is 1. The monoisotopic (exact) mass is 297 g/mol. The molecule has 6 heteroatoms. The van der Waals surface area contributed by atoms with Crippen LogP contribution in [-0.2, 0) is 6.18 Å². The zero-order valence-electron chi connectivity index (χ0n) is 10.7. The van der Waals surface area contributed by atoms with Gasteiger partial charge in [0.25, 0.3) is 0 Å². The number of hydrogen-bond acceptors (Lipinski definition) is 2. The Bertz CT molecular complexity index is 669. The second kappa shape index (κ2) is 4.95. The van der Waals surface area contributed by atoms with E-state index in [1.807, 2.05) is 0 Å². The Labute approximate surface area is 118 Å². The fraction of sp³-hybridized carbons (Fsp3) is 0.200. The maximum atomic E-state index is 13.1. The molecular weight excluding hydrogens is 286 g/mol. The Morgan fingerprint density at radius 2 is 1.90 bits per heavy atom. The SMILES string of the molecule is Fc1ccc2c(c1)NCC(c1cccc(C(F)(F)F)c1)O2. The van der Waals surface area contributed by atoms with Gasteiger partial charge in [0.1, 0.15) is 17.7 Å². The van der Waals surface area contributed by atoms with Crippen LogP contribution in [0.4, 0.5) is 23.2 Å². The van der Waals surface area contributed by atoms with Crippen molar-refractivity contribution in [2.24, 2.45) is 0 Å². The lowest BCUT2D eigenvalue weighted by molar-refractivity contribution is -0.137. The summed E-state index contributed by atoms with van der Waals surface area (Å²) >= 11 is 0. The maximum Gasteiger partial charge on any atom is 0.416 e. The predicted octanol–water partition coefficient (Wildman–Crippen LogP) is 4.39. The first kappa shape index (κ1) is 13.7. The van der Waals surface area contributed by atoms with E-state index in [1.54, 1.807) is 6.07 Å². The molecule has 1 aliphatic heterocycles. The molecule has 2 aromatic rings. The highest BCUT2D eigenvalue weighted by Gasteiger charge is 2.31. The summed E-state index contributed by atoms with van der Waals surface area (Å²) in [6.45, 7) is 0.276. The highest BCUT2D eigenvalue weighted by Crippen LogP contribution is 2.36. The van der Waals surface area contributed by atoms with E-state index in [9.17, 15) is 17.6 Å². The number of rotatable bonds is 1. The quantitative estimate of drug-likeness (QED) is 0.788. The van der Waals surface area contributed by atoms with Crippen LogP contribution in [0.2, 0.25) is 0 Å². The molecule has 1 unspecified atom stereocenters. The van der Waals surface area contributed by atoms with Gasteiger partial charge in [0.05, 0.1) is 17.8 Å². The Morgan fingerprint density at radius 1 is 1.10 bits per heavy atom. The summed E-state index contributed by atoms with van der Waals surface area (Å²) in [5.74, 6) is 0.0208. The molecule has 1 aliphatic rings. The van der Waals surface area contributed by atoms with Crippen LogP contribution in [0, 0.1) is 5.82 Å². The zero-order chi connectivity index (χ0) is 15.0. The normalized spacial score (nSPS) is 17.6. The molecule has 110 valence electrons. The molecule has 1 heterocycles.